The molecule has 0 aliphatic heterocycles. The highest BCUT2D eigenvalue weighted by molar-refractivity contribution is 6.09. The minimum atomic E-state index is -0.430. The summed E-state index contributed by atoms with van der Waals surface area (Å²) in [5.74, 6) is -0.645. The second kappa shape index (κ2) is 5.30. The summed E-state index contributed by atoms with van der Waals surface area (Å²) in [7, 11) is 1.67. The summed E-state index contributed by atoms with van der Waals surface area (Å²) >= 11 is 0. The van der Waals surface area contributed by atoms with Crippen molar-refractivity contribution in [2.24, 2.45) is 7.05 Å². The second-order valence-electron chi connectivity index (χ2n) is 4.52. The van der Waals surface area contributed by atoms with E-state index in [2.05, 4.69) is 0 Å². The second-order valence-corrected chi connectivity index (χ2v) is 4.52. The molecule has 5 heteroatoms. The van der Waals surface area contributed by atoms with Crippen LogP contribution in [0.5, 0.6) is 0 Å². The molecule has 0 fully saturated rings. The van der Waals surface area contributed by atoms with Crippen molar-refractivity contribution < 1.29 is 19.4 Å². The summed E-state index contributed by atoms with van der Waals surface area (Å²) in [6.45, 7) is 2.04. The van der Waals surface area contributed by atoms with Crippen molar-refractivity contribution in [3.63, 3.8) is 0 Å². The zero-order chi connectivity index (χ0) is 14.0. The Labute approximate surface area is 111 Å². The van der Waals surface area contributed by atoms with Crippen molar-refractivity contribution in [3.8, 4) is 0 Å². The predicted molar refractivity (Wildman–Crippen MR) is 69.3 cm³/mol. The zero-order valence-electron chi connectivity index (χ0n) is 11.1. The summed E-state index contributed by atoms with van der Waals surface area (Å²) in [4.78, 5) is 24.1. The number of allylic oxidation sites excluding steroid dienone is 1. The number of esters is 1. The van der Waals surface area contributed by atoms with Crippen molar-refractivity contribution >= 4 is 11.8 Å². The molecule has 5 nitrogen and oxygen atoms in total. The van der Waals surface area contributed by atoms with Crippen LogP contribution < -0.4 is 0 Å². The number of ketones is 1. The number of nitrogens with zero attached hydrogens (tertiary/aromatic N) is 1. The topological polar surface area (TPSA) is 68.5 Å². The lowest BCUT2D eigenvalue weighted by Gasteiger charge is -2.07. The lowest BCUT2D eigenvalue weighted by molar-refractivity contribution is 0.0515. The zero-order valence-corrected chi connectivity index (χ0v) is 11.1. The number of fused-ring (bicyclic) bond motifs is 1. The Morgan fingerprint density at radius 2 is 2.26 bits per heavy atom. The standard InChI is InChI=1S/C14H17NO4/c1-3-19-14(18)11-7-9-5-4-6-10(8-16)13(17)12(9)15(11)2/h7-8,16H,3-6H2,1-2H3/b10-8+. The number of aliphatic hydroxyl groups is 1. The van der Waals surface area contributed by atoms with E-state index >= 15 is 0 Å². The maximum absolute atomic E-state index is 12.3. The Balaban J connectivity index is 2.49. The lowest BCUT2D eigenvalue weighted by atomic mass is 10.1. The Hall–Kier alpha value is -2.04. The average molecular weight is 263 g/mol. The van der Waals surface area contributed by atoms with Crippen LogP contribution >= 0.6 is 0 Å². The largest absolute Gasteiger partial charge is 0.515 e. The number of hydrogen-bond donors (Lipinski definition) is 1. The summed E-state index contributed by atoms with van der Waals surface area (Å²) in [5.41, 5.74) is 2.07. The molecular weight excluding hydrogens is 246 g/mol. The lowest BCUT2D eigenvalue weighted by Crippen LogP contribution is -2.14. The molecule has 0 atom stereocenters. The van der Waals surface area contributed by atoms with Gasteiger partial charge in [-0.2, -0.15) is 0 Å². The van der Waals surface area contributed by atoms with Gasteiger partial charge in [-0.25, -0.2) is 4.79 Å². The minimum absolute atomic E-state index is 0.215. The summed E-state index contributed by atoms with van der Waals surface area (Å²) in [5, 5.41) is 9.12. The molecule has 0 bridgehead atoms. The number of ether oxygens (including phenoxy) is 1. The van der Waals surface area contributed by atoms with Gasteiger partial charge in [-0.3, -0.25) is 4.79 Å². The molecule has 0 spiro atoms. The third-order valence-electron chi connectivity index (χ3n) is 3.35. The smallest absolute Gasteiger partial charge is 0.354 e. The van der Waals surface area contributed by atoms with E-state index in [0.717, 1.165) is 18.2 Å². The van der Waals surface area contributed by atoms with Crippen LogP contribution in [0.25, 0.3) is 0 Å². The molecule has 1 aliphatic carbocycles. The van der Waals surface area contributed by atoms with Gasteiger partial charge in [0, 0.05) is 12.6 Å². The van der Waals surface area contributed by atoms with Crippen LogP contribution in [0.3, 0.4) is 0 Å². The molecular formula is C14H17NO4. The van der Waals surface area contributed by atoms with Gasteiger partial charge in [-0.1, -0.05) is 0 Å². The number of aliphatic hydroxyl groups excluding tert-OH is 1. The number of aromatic nitrogens is 1. The fraction of sp³-hybridized carbons (Fsp3) is 0.429. The summed E-state index contributed by atoms with van der Waals surface area (Å²) in [6, 6.07) is 1.71. The SMILES string of the molecule is CCOC(=O)c1cc2c(n1C)C(=O)/C(=C/O)CCC2. The molecule has 102 valence electrons. The molecule has 1 N–H and O–H groups in total. The number of carbonyl (C=O) groups is 2. The molecule has 0 unspecified atom stereocenters. The molecule has 1 aromatic rings. The third-order valence-corrected chi connectivity index (χ3v) is 3.35. The first-order chi connectivity index (χ1) is 9.10. The Morgan fingerprint density at radius 1 is 1.53 bits per heavy atom. The van der Waals surface area contributed by atoms with Gasteiger partial charge < -0.3 is 14.4 Å². The van der Waals surface area contributed by atoms with E-state index < -0.39 is 5.97 Å². The van der Waals surface area contributed by atoms with Gasteiger partial charge in [0.15, 0.2) is 0 Å². The van der Waals surface area contributed by atoms with Crippen molar-refractivity contribution in [2.75, 3.05) is 6.61 Å². The van der Waals surface area contributed by atoms with Crippen molar-refractivity contribution in [3.05, 3.63) is 34.9 Å². The first-order valence-electron chi connectivity index (χ1n) is 6.33. The maximum Gasteiger partial charge on any atom is 0.354 e. The average Bonchev–Trinajstić information content (AvgIpc) is 2.62. The minimum Gasteiger partial charge on any atom is -0.515 e. The molecule has 1 aliphatic rings. The monoisotopic (exact) mass is 263 g/mol. The van der Waals surface area contributed by atoms with Gasteiger partial charge in [0.05, 0.1) is 18.6 Å². The Morgan fingerprint density at radius 3 is 2.89 bits per heavy atom. The van der Waals surface area contributed by atoms with Crippen LogP contribution in [0.15, 0.2) is 17.9 Å². The van der Waals surface area contributed by atoms with E-state index in [9.17, 15) is 9.59 Å². The van der Waals surface area contributed by atoms with Crippen LogP contribution in [0.2, 0.25) is 0 Å². The van der Waals surface area contributed by atoms with Crippen LogP contribution in [0, 0.1) is 0 Å². The van der Waals surface area contributed by atoms with E-state index in [1.165, 1.54) is 0 Å². The molecule has 0 amide bonds. The Bertz CT molecular complexity index is 554. The van der Waals surface area contributed by atoms with E-state index in [1.807, 2.05) is 0 Å². The molecule has 0 saturated heterocycles. The molecule has 19 heavy (non-hydrogen) atoms. The van der Waals surface area contributed by atoms with Crippen LogP contribution in [0.4, 0.5) is 0 Å². The van der Waals surface area contributed by atoms with Crippen LogP contribution in [-0.4, -0.2) is 28.0 Å². The first-order valence-corrected chi connectivity index (χ1v) is 6.33. The van der Waals surface area contributed by atoms with Gasteiger partial charge in [0.1, 0.15) is 5.69 Å². The third kappa shape index (κ3) is 2.28. The molecule has 2 rings (SSSR count). The predicted octanol–water partition coefficient (Wildman–Crippen LogP) is 2.16. The molecule has 0 saturated carbocycles. The molecule has 0 aromatic carbocycles. The fourth-order valence-electron chi connectivity index (χ4n) is 2.41. The highest BCUT2D eigenvalue weighted by atomic mass is 16.5. The molecule has 0 radical (unpaired) electrons. The van der Waals surface area contributed by atoms with Crippen molar-refractivity contribution in [2.45, 2.75) is 26.2 Å². The van der Waals surface area contributed by atoms with E-state index in [4.69, 9.17) is 9.84 Å². The Kier molecular flexibility index (Phi) is 3.74. The highest BCUT2D eigenvalue weighted by Gasteiger charge is 2.27. The number of hydrogen-bond acceptors (Lipinski definition) is 4. The van der Waals surface area contributed by atoms with Crippen LogP contribution in [0.1, 0.15) is 46.3 Å². The summed E-state index contributed by atoms with van der Waals surface area (Å²) < 4.78 is 6.53. The first kappa shape index (κ1) is 13.4. The number of Topliss-reactive ketones (excluding diaryl/α,β-unsaturated/α-hetero) is 1. The van der Waals surface area contributed by atoms with Gasteiger partial charge in [-0.15, -0.1) is 0 Å². The highest BCUT2D eigenvalue weighted by Crippen LogP contribution is 2.26. The molecule has 1 heterocycles. The van der Waals surface area contributed by atoms with E-state index in [0.29, 0.717) is 36.4 Å². The van der Waals surface area contributed by atoms with Crippen LogP contribution in [-0.2, 0) is 18.2 Å². The van der Waals surface area contributed by atoms with Gasteiger partial charge in [0.25, 0.3) is 0 Å². The van der Waals surface area contributed by atoms with E-state index in [1.54, 1.807) is 24.6 Å². The quantitative estimate of drug-likeness (QED) is 0.384. The van der Waals surface area contributed by atoms with Crippen molar-refractivity contribution in [1.82, 2.24) is 4.57 Å². The number of carbonyl (C=O) groups excluding carboxylic acids is 2. The van der Waals surface area contributed by atoms with Gasteiger partial charge in [0.2, 0.25) is 5.78 Å². The number of rotatable bonds is 2. The summed E-state index contributed by atoms with van der Waals surface area (Å²) in [6.07, 6.45) is 2.91. The fourth-order valence-corrected chi connectivity index (χ4v) is 2.41. The number of aryl methyl sites for hydroxylation is 1. The van der Waals surface area contributed by atoms with E-state index in [-0.39, 0.29) is 5.78 Å². The maximum atomic E-state index is 12.3. The molecule has 1 aromatic heterocycles. The normalized spacial score (nSPS) is 17.2. The van der Waals surface area contributed by atoms with Gasteiger partial charge >= 0.3 is 5.97 Å². The van der Waals surface area contributed by atoms with Gasteiger partial charge in [-0.05, 0) is 37.8 Å². The van der Waals surface area contributed by atoms with Crippen molar-refractivity contribution in [1.29, 1.82) is 0 Å².